The molecule has 2 aromatic heterocycles. The second-order valence-corrected chi connectivity index (χ2v) is 12.7. The number of ether oxygens (including phenoxy) is 2. The molecule has 1 saturated heterocycles. The maximum Gasteiger partial charge on any atom is 0.417 e. The van der Waals surface area contributed by atoms with Crippen LogP contribution in [0.2, 0.25) is 0 Å². The summed E-state index contributed by atoms with van der Waals surface area (Å²) in [5, 5.41) is 0.234. The Balaban J connectivity index is 1.55. The maximum atomic E-state index is 15.0. The minimum Gasteiger partial charge on any atom is -0.383 e. The lowest BCUT2D eigenvalue weighted by Gasteiger charge is -2.34. The van der Waals surface area contributed by atoms with Gasteiger partial charge >= 0.3 is 11.9 Å². The normalized spacial score (nSPS) is 17.2. The monoisotopic (exact) mass is 663 g/mol. The van der Waals surface area contributed by atoms with Crippen molar-refractivity contribution < 1.29 is 27.0 Å². The van der Waals surface area contributed by atoms with Crippen LogP contribution < -0.4 is 16.3 Å². The lowest BCUT2D eigenvalue weighted by molar-refractivity contribution is -0.137. The Kier molecular flexibility index (Phi) is 8.85. The van der Waals surface area contributed by atoms with Gasteiger partial charge in [0, 0.05) is 54.5 Å². The van der Waals surface area contributed by atoms with Crippen molar-refractivity contribution >= 4 is 61.2 Å². The van der Waals surface area contributed by atoms with Crippen molar-refractivity contribution in [3.63, 3.8) is 0 Å². The number of nitrogen functional groups attached to an aromatic ring is 1. The van der Waals surface area contributed by atoms with Crippen LogP contribution in [0.4, 0.5) is 28.5 Å². The summed E-state index contributed by atoms with van der Waals surface area (Å²) in [5.74, 6) is -0.179. The van der Waals surface area contributed by atoms with Gasteiger partial charge in [0.25, 0.3) is 0 Å². The van der Waals surface area contributed by atoms with Gasteiger partial charge in [-0.1, -0.05) is 11.3 Å². The number of rotatable bonds is 8. The number of thiazole rings is 1. The van der Waals surface area contributed by atoms with Crippen LogP contribution in [0, 0.1) is 5.82 Å². The Morgan fingerprint density at radius 2 is 1.96 bits per heavy atom. The molecule has 0 aliphatic carbocycles. The van der Waals surface area contributed by atoms with E-state index in [0.29, 0.717) is 44.6 Å². The zero-order valence-corrected chi connectivity index (χ0v) is 26.0. The van der Waals surface area contributed by atoms with Crippen molar-refractivity contribution in [2.75, 3.05) is 63.5 Å². The summed E-state index contributed by atoms with van der Waals surface area (Å²) in [6, 6.07) is 5.63. The largest absolute Gasteiger partial charge is 0.417 e. The van der Waals surface area contributed by atoms with Gasteiger partial charge < -0.3 is 20.1 Å². The van der Waals surface area contributed by atoms with Gasteiger partial charge in [-0.15, -0.1) is 11.8 Å². The second kappa shape index (κ2) is 12.7. The van der Waals surface area contributed by atoms with Crippen LogP contribution in [-0.4, -0.2) is 79.4 Å². The van der Waals surface area contributed by atoms with Crippen LogP contribution in [0.5, 0.6) is 0 Å². The number of hydrogen-bond donors (Lipinski definition) is 1. The number of hydrogen-bond acceptors (Lipinski definition) is 11. The fraction of sp³-hybridized carbons (Fsp3) is 0.448. The van der Waals surface area contributed by atoms with Crippen LogP contribution in [-0.2, 0) is 15.7 Å². The van der Waals surface area contributed by atoms with Gasteiger partial charge in [0.15, 0.2) is 5.13 Å². The highest BCUT2D eigenvalue weighted by Gasteiger charge is 2.40. The minimum atomic E-state index is -4.80. The molecule has 2 aliphatic heterocycles. The van der Waals surface area contributed by atoms with E-state index in [1.807, 2.05) is 4.90 Å². The fourth-order valence-corrected chi connectivity index (χ4v) is 7.93. The molecule has 0 unspecified atom stereocenters. The van der Waals surface area contributed by atoms with Gasteiger partial charge in [0.05, 0.1) is 59.1 Å². The molecule has 2 N–H and O–H groups in total. The number of halogens is 4. The molecule has 1 atom stereocenters. The van der Waals surface area contributed by atoms with Crippen molar-refractivity contribution in [1.29, 1.82) is 0 Å². The molecule has 45 heavy (non-hydrogen) atoms. The number of benzene rings is 2. The summed E-state index contributed by atoms with van der Waals surface area (Å²) in [6.07, 6.45) is -3.64. The summed E-state index contributed by atoms with van der Waals surface area (Å²) >= 11 is 2.07. The lowest BCUT2D eigenvalue weighted by Crippen LogP contribution is -2.39. The van der Waals surface area contributed by atoms with E-state index in [9.17, 15) is 22.4 Å². The number of piperidine rings is 1. The standard InChI is InChI=1S/C29H29F4N7O3S2/c1-42-10-7-35-14-36-15-5-8-39(9-6-15)26-18-11-19(29(31,32)33)21(17-3-4-20(30)24-22(17)37-27(34)45-24)25-23(18)40(28(41)38-26)16(12-43-2)13-44-25/h3-4,11,15-16H,5-10,12-13H2,1-2H3,(H2,34,37)/t16-/m0/s1. The molecular weight excluding hydrogens is 634 g/mol. The van der Waals surface area contributed by atoms with Gasteiger partial charge in [-0.2, -0.15) is 18.2 Å². The maximum absolute atomic E-state index is 15.0. The van der Waals surface area contributed by atoms with Gasteiger partial charge in [0.1, 0.15) is 11.6 Å². The first kappa shape index (κ1) is 31.4. The summed E-state index contributed by atoms with van der Waals surface area (Å²) in [4.78, 5) is 32.8. The predicted molar refractivity (Wildman–Crippen MR) is 167 cm³/mol. The fourth-order valence-electron chi connectivity index (χ4n) is 5.85. The van der Waals surface area contributed by atoms with E-state index in [4.69, 9.17) is 15.2 Å². The number of aliphatic imine (C=N–C) groups is 2. The number of nitrogens with two attached hydrogens (primary N) is 1. The van der Waals surface area contributed by atoms with Crippen LogP contribution in [0.1, 0.15) is 24.4 Å². The second-order valence-electron chi connectivity index (χ2n) is 10.7. The van der Waals surface area contributed by atoms with E-state index in [1.165, 1.54) is 29.5 Å². The number of alkyl halides is 3. The zero-order chi connectivity index (χ0) is 31.9. The Morgan fingerprint density at radius 3 is 2.67 bits per heavy atom. The molecule has 2 aliphatic rings. The molecule has 2 aromatic carbocycles. The molecular formula is C29H29F4N7O3S2. The molecule has 6 rings (SSSR count). The Hall–Kier alpha value is -3.56. The van der Waals surface area contributed by atoms with E-state index >= 15 is 0 Å². The smallest absolute Gasteiger partial charge is 0.383 e. The van der Waals surface area contributed by atoms with E-state index in [-0.39, 0.29) is 61.0 Å². The molecule has 238 valence electrons. The quantitative estimate of drug-likeness (QED) is 0.149. The number of nitrogens with zero attached hydrogens (tertiary/aromatic N) is 6. The topological polar surface area (TPSA) is 120 Å². The van der Waals surface area contributed by atoms with Gasteiger partial charge in [-0.25, -0.2) is 24.2 Å². The zero-order valence-electron chi connectivity index (χ0n) is 24.4. The Bertz CT molecular complexity index is 1880. The van der Waals surface area contributed by atoms with Crippen molar-refractivity contribution in [2.24, 2.45) is 9.98 Å². The highest BCUT2D eigenvalue weighted by Crippen LogP contribution is 2.51. The average Bonchev–Trinajstić information content (AvgIpc) is 3.41. The Labute approximate surface area is 263 Å². The molecule has 10 nitrogen and oxygen atoms in total. The van der Waals surface area contributed by atoms with Crippen LogP contribution in [0.15, 0.2) is 37.9 Å². The summed E-state index contributed by atoms with van der Waals surface area (Å²) < 4.78 is 71.5. The number of thioether (sulfide) groups is 1. The highest BCUT2D eigenvalue weighted by atomic mass is 32.2. The van der Waals surface area contributed by atoms with Crippen molar-refractivity contribution in [2.45, 2.75) is 36.0 Å². The first-order valence-corrected chi connectivity index (χ1v) is 15.9. The van der Waals surface area contributed by atoms with E-state index in [1.54, 1.807) is 7.11 Å². The summed E-state index contributed by atoms with van der Waals surface area (Å²) in [7, 11) is 3.08. The first-order valence-electron chi connectivity index (χ1n) is 14.1. The van der Waals surface area contributed by atoms with Crippen molar-refractivity contribution in [1.82, 2.24) is 14.5 Å². The van der Waals surface area contributed by atoms with E-state index in [2.05, 4.69) is 26.0 Å². The third kappa shape index (κ3) is 5.92. The molecule has 16 heteroatoms. The third-order valence-electron chi connectivity index (χ3n) is 7.86. The van der Waals surface area contributed by atoms with E-state index < -0.39 is 29.3 Å². The first-order chi connectivity index (χ1) is 21.6. The van der Waals surface area contributed by atoms with Crippen LogP contribution >= 0.6 is 23.1 Å². The average molecular weight is 664 g/mol. The lowest BCUT2D eigenvalue weighted by atomic mass is 9.95. The van der Waals surface area contributed by atoms with Crippen LogP contribution in [0.3, 0.4) is 0 Å². The molecule has 0 spiro atoms. The molecule has 0 radical (unpaired) electrons. The molecule has 4 aromatic rings. The van der Waals surface area contributed by atoms with Gasteiger partial charge in [-0.05, 0) is 31.0 Å². The van der Waals surface area contributed by atoms with Gasteiger partial charge in [-0.3, -0.25) is 4.57 Å². The Morgan fingerprint density at radius 1 is 1.18 bits per heavy atom. The number of methoxy groups -OCH3 is 2. The SMILES string of the molecule is COCCN=C=NC1CCN(c2nc(=O)n3c4c(c(-c5ccc(F)c6sc(N)nc56)c(C(F)(F)F)cc24)SC[C@@H]3COC)CC1. The molecule has 0 amide bonds. The van der Waals surface area contributed by atoms with Gasteiger partial charge in [0.2, 0.25) is 0 Å². The molecule has 1 fully saturated rings. The highest BCUT2D eigenvalue weighted by molar-refractivity contribution is 7.99. The van der Waals surface area contributed by atoms with Crippen molar-refractivity contribution in [3.8, 4) is 11.1 Å². The molecule has 0 bridgehead atoms. The number of aromatic nitrogens is 3. The molecule has 0 saturated carbocycles. The predicted octanol–water partition coefficient (Wildman–Crippen LogP) is 5.50. The van der Waals surface area contributed by atoms with Crippen molar-refractivity contribution in [3.05, 3.63) is 40.1 Å². The minimum absolute atomic E-state index is 0.0320. The number of fused-ring (bicyclic) bond motifs is 1. The third-order valence-corrected chi connectivity index (χ3v) is 9.99. The molecule has 4 heterocycles. The number of anilines is 2. The summed E-state index contributed by atoms with van der Waals surface area (Å²) in [5.41, 5.74) is 4.65. The van der Waals surface area contributed by atoms with Crippen LogP contribution in [0.25, 0.3) is 32.2 Å². The summed E-state index contributed by atoms with van der Waals surface area (Å²) in [6.45, 7) is 1.91. The van der Waals surface area contributed by atoms with E-state index in [0.717, 1.165) is 23.5 Å².